The highest BCUT2D eigenvalue weighted by molar-refractivity contribution is 7.99. The maximum Gasteiger partial charge on any atom is 0.263 e. The predicted molar refractivity (Wildman–Crippen MR) is 140 cm³/mol. The lowest BCUT2D eigenvalue weighted by Gasteiger charge is -2.11. The van der Waals surface area contributed by atoms with Gasteiger partial charge in [0, 0.05) is 24.4 Å². The normalized spacial score (nSPS) is 11.4. The van der Waals surface area contributed by atoms with E-state index in [9.17, 15) is 18.0 Å². The van der Waals surface area contributed by atoms with Crippen molar-refractivity contribution >= 4 is 61.7 Å². The van der Waals surface area contributed by atoms with Crippen LogP contribution in [0.3, 0.4) is 0 Å². The number of fused-ring (bicyclic) bond motifs is 1. The zero-order valence-corrected chi connectivity index (χ0v) is 21.4. The molecular weight excluding hydrogens is 524 g/mol. The molecule has 36 heavy (non-hydrogen) atoms. The molecule has 186 valence electrons. The molecule has 0 unspecified atom stereocenters. The Morgan fingerprint density at radius 3 is 2.50 bits per heavy atom. The minimum Gasteiger partial charge on any atom is -0.326 e. The quantitative estimate of drug-likeness (QED) is 0.240. The van der Waals surface area contributed by atoms with Crippen molar-refractivity contribution in [1.29, 1.82) is 0 Å². The van der Waals surface area contributed by atoms with Crippen molar-refractivity contribution in [2.45, 2.75) is 29.9 Å². The number of nitrogens with zero attached hydrogens (tertiary/aromatic N) is 4. The Kier molecular flexibility index (Phi) is 7.87. The Hall–Kier alpha value is -3.48. The van der Waals surface area contributed by atoms with Gasteiger partial charge in [-0.3, -0.25) is 18.9 Å². The van der Waals surface area contributed by atoms with Gasteiger partial charge in [0.1, 0.15) is 0 Å². The van der Waals surface area contributed by atoms with Crippen LogP contribution in [0, 0.1) is 0 Å². The van der Waals surface area contributed by atoms with Crippen LogP contribution in [-0.4, -0.2) is 39.8 Å². The number of halogens is 1. The van der Waals surface area contributed by atoms with Gasteiger partial charge in [0.25, 0.3) is 15.6 Å². The number of sulfonamides is 1. The molecule has 0 saturated heterocycles. The topological polar surface area (TPSA) is 136 Å². The fourth-order valence-corrected chi connectivity index (χ4v) is 5.38. The number of hydrogen-bond acceptors (Lipinski definition) is 8. The number of carbonyl (C=O) groups excluding carboxylic acids is 1. The third-order valence-corrected chi connectivity index (χ3v) is 7.57. The summed E-state index contributed by atoms with van der Waals surface area (Å²) >= 11 is 6.99. The number of hydrogen-bond donors (Lipinski definition) is 2. The first-order valence-electron chi connectivity index (χ1n) is 10.8. The summed E-state index contributed by atoms with van der Waals surface area (Å²) in [5, 5.41) is 11.3. The van der Waals surface area contributed by atoms with Crippen LogP contribution in [0.2, 0.25) is 5.15 Å². The third kappa shape index (κ3) is 6.01. The number of para-hydroxylation sites is 1. The van der Waals surface area contributed by atoms with Crippen LogP contribution in [0.5, 0.6) is 0 Å². The van der Waals surface area contributed by atoms with Crippen LogP contribution in [0.4, 0.5) is 11.5 Å². The van der Waals surface area contributed by atoms with Crippen LogP contribution < -0.4 is 15.6 Å². The van der Waals surface area contributed by atoms with E-state index < -0.39 is 10.0 Å². The van der Waals surface area contributed by atoms with Gasteiger partial charge in [-0.2, -0.15) is 0 Å². The molecule has 13 heteroatoms. The average molecular weight is 545 g/mol. The fraction of sp³-hybridized carbons (Fsp3) is 0.174. The molecule has 10 nitrogen and oxygen atoms in total. The number of anilines is 2. The first kappa shape index (κ1) is 25.6. The number of carbonyl (C=O) groups is 1. The van der Waals surface area contributed by atoms with Crippen molar-refractivity contribution in [3.8, 4) is 0 Å². The SMILES string of the molecule is CCn1c(SCCC(=O)Nc2ccc(S(=O)(=O)Nc3ccc(Cl)nn3)cc2)nc2ccccc2c1=O. The van der Waals surface area contributed by atoms with E-state index in [2.05, 4.69) is 25.2 Å². The monoisotopic (exact) mass is 544 g/mol. The van der Waals surface area contributed by atoms with Crippen molar-refractivity contribution in [1.82, 2.24) is 19.7 Å². The molecule has 0 bridgehead atoms. The Morgan fingerprint density at radius 2 is 1.81 bits per heavy atom. The van der Waals surface area contributed by atoms with E-state index in [0.717, 1.165) is 0 Å². The lowest BCUT2D eigenvalue weighted by molar-refractivity contribution is -0.115. The van der Waals surface area contributed by atoms with Crippen molar-refractivity contribution in [2.75, 3.05) is 15.8 Å². The summed E-state index contributed by atoms with van der Waals surface area (Å²) in [6, 6.07) is 15.7. The lowest BCUT2D eigenvalue weighted by atomic mass is 10.2. The zero-order chi connectivity index (χ0) is 25.7. The molecule has 2 aromatic heterocycles. The number of thioether (sulfide) groups is 1. The first-order chi connectivity index (χ1) is 17.3. The molecule has 2 aromatic carbocycles. The van der Waals surface area contributed by atoms with Gasteiger partial charge in [0.15, 0.2) is 16.1 Å². The number of nitrogens with one attached hydrogen (secondary N) is 2. The lowest BCUT2D eigenvalue weighted by Crippen LogP contribution is -2.22. The molecule has 0 atom stereocenters. The summed E-state index contributed by atoms with van der Waals surface area (Å²) in [5.41, 5.74) is 0.957. The number of aromatic nitrogens is 4. The van der Waals surface area contributed by atoms with Crippen LogP contribution >= 0.6 is 23.4 Å². The second-order valence-corrected chi connectivity index (χ2v) is 10.6. The highest BCUT2D eigenvalue weighted by Crippen LogP contribution is 2.20. The first-order valence-corrected chi connectivity index (χ1v) is 13.7. The highest BCUT2D eigenvalue weighted by atomic mass is 35.5. The van der Waals surface area contributed by atoms with Crippen LogP contribution in [0.15, 0.2) is 75.5 Å². The van der Waals surface area contributed by atoms with Gasteiger partial charge in [-0.05, 0) is 55.5 Å². The van der Waals surface area contributed by atoms with E-state index >= 15 is 0 Å². The molecule has 2 N–H and O–H groups in total. The fourth-order valence-electron chi connectivity index (χ4n) is 3.28. The van der Waals surface area contributed by atoms with Gasteiger partial charge in [-0.25, -0.2) is 13.4 Å². The van der Waals surface area contributed by atoms with Crippen molar-refractivity contribution < 1.29 is 13.2 Å². The van der Waals surface area contributed by atoms with E-state index in [1.54, 1.807) is 22.8 Å². The van der Waals surface area contributed by atoms with Gasteiger partial charge in [-0.15, -0.1) is 10.2 Å². The van der Waals surface area contributed by atoms with Crippen LogP contribution in [-0.2, 0) is 21.4 Å². The molecule has 2 heterocycles. The summed E-state index contributed by atoms with van der Waals surface area (Å²) in [5.74, 6) is 0.192. The molecule has 4 aromatic rings. The number of rotatable bonds is 9. The van der Waals surface area contributed by atoms with Gasteiger partial charge >= 0.3 is 0 Å². The number of amides is 1. The minimum absolute atomic E-state index is 0.00674. The minimum atomic E-state index is -3.89. The van der Waals surface area contributed by atoms with E-state index in [0.29, 0.717) is 34.0 Å². The second-order valence-electron chi connectivity index (χ2n) is 7.48. The summed E-state index contributed by atoms with van der Waals surface area (Å²) in [7, 11) is -3.89. The standard InChI is InChI=1S/C23H21ClN6O4S2/c1-2-30-22(32)17-5-3-4-6-18(17)26-23(30)35-14-13-21(31)25-15-7-9-16(10-8-15)36(33,34)29-20-12-11-19(24)27-28-20/h3-12H,2,13-14H2,1H3,(H,25,31)(H,28,29). The maximum absolute atomic E-state index is 12.7. The molecular formula is C23H21ClN6O4S2. The number of benzene rings is 2. The molecule has 0 saturated carbocycles. The summed E-state index contributed by atoms with van der Waals surface area (Å²) in [4.78, 5) is 29.7. The van der Waals surface area contributed by atoms with Crippen LogP contribution in [0.1, 0.15) is 13.3 Å². The maximum atomic E-state index is 12.7. The molecule has 0 spiro atoms. The molecule has 0 fully saturated rings. The Bertz CT molecular complexity index is 1560. The summed E-state index contributed by atoms with van der Waals surface area (Å²) in [6.45, 7) is 2.34. The van der Waals surface area contributed by atoms with Gasteiger partial charge in [0.2, 0.25) is 5.91 Å². The average Bonchev–Trinajstić information content (AvgIpc) is 2.86. The molecule has 0 aliphatic carbocycles. The van der Waals surface area contributed by atoms with E-state index in [1.165, 1.54) is 48.2 Å². The van der Waals surface area contributed by atoms with E-state index in [-0.39, 0.29) is 33.8 Å². The van der Waals surface area contributed by atoms with Crippen molar-refractivity contribution in [2.24, 2.45) is 0 Å². The van der Waals surface area contributed by atoms with E-state index in [4.69, 9.17) is 11.6 Å². The van der Waals surface area contributed by atoms with E-state index in [1.807, 2.05) is 13.0 Å². The predicted octanol–water partition coefficient (Wildman–Crippen LogP) is 3.78. The Labute approximate surface area is 216 Å². The second kappa shape index (κ2) is 11.1. The van der Waals surface area contributed by atoms with Gasteiger partial charge in [0.05, 0.1) is 15.8 Å². The van der Waals surface area contributed by atoms with Gasteiger partial charge in [-0.1, -0.05) is 35.5 Å². The Balaban J connectivity index is 1.35. The summed E-state index contributed by atoms with van der Waals surface area (Å²) in [6.07, 6.45) is 0.175. The zero-order valence-electron chi connectivity index (χ0n) is 19.0. The largest absolute Gasteiger partial charge is 0.326 e. The van der Waals surface area contributed by atoms with Crippen molar-refractivity contribution in [3.63, 3.8) is 0 Å². The van der Waals surface area contributed by atoms with Gasteiger partial charge < -0.3 is 5.32 Å². The third-order valence-electron chi connectivity index (χ3n) is 5.02. The molecule has 1 amide bonds. The molecule has 0 radical (unpaired) electrons. The molecule has 0 aliphatic rings. The summed E-state index contributed by atoms with van der Waals surface area (Å²) < 4.78 is 28.9. The van der Waals surface area contributed by atoms with Crippen molar-refractivity contribution in [3.05, 3.63) is 76.2 Å². The van der Waals surface area contributed by atoms with Crippen LogP contribution in [0.25, 0.3) is 10.9 Å². The molecule has 4 rings (SSSR count). The smallest absolute Gasteiger partial charge is 0.263 e. The Morgan fingerprint density at radius 1 is 1.06 bits per heavy atom. The highest BCUT2D eigenvalue weighted by Gasteiger charge is 2.16. The molecule has 0 aliphatic heterocycles.